The SMILES string of the molecule is CCC1=CC(OC(F)F)CC(C(C)C)=C1CC(N)=O. The number of allylic oxidation sites excluding steroid dienone is 1. The molecule has 1 amide bonds. The van der Waals surface area contributed by atoms with E-state index >= 15 is 0 Å². The van der Waals surface area contributed by atoms with Gasteiger partial charge in [-0.2, -0.15) is 8.78 Å². The number of hydrogen-bond donors (Lipinski definition) is 1. The molecule has 1 unspecified atom stereocenters. The van der Waals surface area contributed by atoms with E-state index < -0.39 is 18.6 Å². The maximum atomic E-state index is 12.3. The maximum absolute atomic E-state index is 12.3. The van der Waals surface area contributed by atoms with Crippen molar-refractivity contribution < 1.29 is 18.3 Å². The molecule has 0 fully saturated rings. The molecular formula is C14H21F2NO2. The summed E-state index contributed by atoms with van der Waals surface area (Å²) in [5.74, 6) is -0.228. The van der Waals surface area contributed by atoms with Crippen LogP contribution in [0.25, 0.3) is 0 Å². The second kappa shape index (κ2) is 6.80. The van der Waals surface area contributed by atoms with E-state index in [9.17, 15) is 13.6 Å². The highest BCUT2D eigenvalue weighted by Gasteiger charge is 2.26. The highest BCUT2D eigenvalue weighted by molar-refractivity contribution is 5.78. The van der Waals surface area contributed by atoms with Crippen molar-refractivity contribution in [3.63, 3.8) is 0 Å². The number of amides is 1. The molecule has 0 aromatic heterocycles. The van der Waals surface area contributed by atoms with Gasteiger partial charge in [0.2, 0.25) is 5.91 Å². The van der Waals surface area contributed by atoms with Crippen LogP contribution < -0.4 is 5.73 Å². The van der Waals surface area contributed by atoms with Crippen LogP contribution in [0.4, 0.5) is 8.78 Å². The minimum atomic E-state index is -2.79. The van der Waals surface area contributed by atoms with Crippen LogP contribution in [-0.4, -0.2) is 18.6 Å². The standard InChI is InChI=1S/C14H21F2NO2/c1-4-9-5-10(19-14(15)16)6-11(8(2)3)12(9)7-13(17)18/h5,8,10,14H,4,6-7H2,1-3H3,(H2,17,18). The summed E-state index contributed by atoms with van der Waals surface area (Å²) in [6, 6.07) is 0. The summed E-state index contributed by atoms with van der Waals surface area (Å²) < 4.78 is 29.3. The number of ether oxygens (including phenoxy) is 1. The van der Waals surface area contributed by atoms with Crippen LogP contribution in [0.1, 0.15) is 40.0 Å². The van der Waals surface area contributed by atoms with Gasteiger partial charge in [-0.25, -0.2) is 0 Å². The lowest BCUT2D eigenvalue weighted by Gasteiger charge is -2.28. The Balaban J connectivity index is 3.07. The Hall–Kier alpha value is -1.23. The van der Waals surface area contributed by atoms with Crippen molar-refractivity contribution in [3.05, 3.63) is 22.8 Å². The molecule has 1 aliphatic carbocycles. The second-order valence-corrected chi connectivity index (χ2v) is 4.99. The van der Waals surface area contributed by atoms with Crippen molar-refractivity contribution in [2.45, 2.75) is 52.7 Å². The van der Waals surface area contributed by atoms with Crippen LogP contribution >= 0.6 is 0 Å². The molecule has 1 atom stereocenters. The van der Waals surface area contributed by atoms with Crippen molar-refractivity contribution in [2.24, 2.45) is 11.7 Å². The van der Waals surface area contributed by atoms with E-state index in [1.807, 2.05) is 20.8 Å². The number of alkyl halides is 2. The normalized spacial score (nSPS) is 20.2. The zero-order chi connectivity index (χ0) is 14.6. The summed E-state index contributed by atoms with van der Waals surface area (Å²) in [6.45, 7) is 3.10. The third kappa shape index (κ3) is 4.42. The third-order valence-electron chi connectivity index (χ3n) is 3.29. The molecule has 0 aliphatic heterocycles. The number of nitrogens with two attached hydrogens (primary N) is 1. The summed E-state index contributed by atoms with van der Waals surface area (Å²) in [5.41, 5.74) is 8.05. The fourth-order valence-electron chi connectivity index (χ4n) is 2.47. The first-order valence-corrected chi connectivity index (χ1v) is 6.50. The monoisotopic (exact) mass is 273 g/mol. The van der Waals surface area contributed by atoms with Gasteiger partial charge in [-0.05, 0) is 29.9 Å². The molecule has 0 spiro atoms. The molecule has 0 aromatic rings. The molecule has 0 heterocycles. The zero-order valence-electron chi connectivity index (χ0n) is 11.6. The lowest BCUT2D eigenvalue weighted by Crippen LogP contribution is -2.24. The van der Waals surface area contributed by atoms with Crippen LogP contribution in [0.2, 0.25) is 0 Å². The van der Waals surface area contributed by atoms with Gasteiger partial charge >= 0.3 is 6.61 Å². The van der Waals surface area contributed by atoms with Gasteiger partial charge in [0.1, 0.15) is 0 Å². The lowest BCUT2D eigenvalue weighted by molar-refractivity contribution is -0.150. The maximum Gasteiger partial charge on any atom is 0.345 e. The first kappa shape index (κ1) is 15.8. The Morgan fingerprint density at radius 3 is 2.58 bits per heavy atom. The molecule has 0 saturated heterocycles. The summed E-state index contributed by atoms with van der Waals surface area (Å²) in [5, 5.41) is 0. The average Bonchev–Trinajstić information content (AvgIpc) is 2.28. The molecule has 0 aromatic carbocycles. The fourth-order valence-corrected chi connectivity index (χ4v) is 2.47. The van der Waals surface area contributed by atoms with Gasteiger partial charge in [0.05, 0.1) is 12.5 Å². The number of primary amides is 1. The summed E-state index contributed by atoms with van der Waals surface area (Å²) >= 11 is 0. The molecule has 2 N–H and O–H groups in total. The Labute approximate surface area is 112 Å². The Morgan fingerprint density at radius 2 is 2.16 bits per heavy atom. The quantitative estimate of drug-likeness (QED) is 0.808. The number of halogens is 2. The van der Waals surface area contributed by atoms with Crippen molar-refractivity contribution in [3.8, 4) is 0 Å². The van der Waals surface area contributed by atoms with Gasteiger partial charge in [-0.1, -0.05) is 32.4 Å². The van der Waals surface area contributed by atoms with Crippen molar-refractivity contribution >= 4 is 5.91 Å². The second-order valence-electron chi connectivity index (χ2n) is 4.99. The third-order valence-corrected chi connectivity index (χ3v) is 3.29. The van der Waals surface area contributed by atoms with Gasteiger partial charge in [0.15, 0.2) is 0 Å². The summed E-state index contributed by atoms with van der Waals surface area (Å²) in [4.78, 5) is 11.2. The van der Waals surface area contributed by atoms with Gasteiger partial charge < -0.3 is 10.5 Å². The Kier molecular flexibility index (Phi) is 5.66. The van der Waals surface area contributed by atoms with Gasteiger partial charge in [-0.3, -0.25) is 4.79 Å². The van der Waals surface area contributed by atoms with E-state index in [0.29, 0.717) is 12.8 Å². The summed E-state index contributed by atoms with van der Waals surface area (Å²) in [6.07, 6.45) is 2.30. The van der Waals surface area contributed by atoms with Crippen molar-refractivity contribution in [1.29, 1.82) is 0 Å². The molecule has 0 saturated carbocycles. The van der Waals surface area contributed by atoms with Crippen LogP contribution in [0.15, 0.2) is 22.8 Å². The van der Waals surface area contributed by atoms with Crippen molar-refractivity contribution in [1.82, 2.24) is 0 Å². The van der Waals surface area contributed by atoms with E-state index in [1.165, 1.54) is 0 Å². The van der Waals surface area contributed by atoms with Gasteiger partial charge in [-0.15, -0.1) is 0 Å². The largest absolute Gasteiger partial charge is 0.369 e. The van der Waals surface area contributed by atoms with Crippen LogP contribution in [0.5, 0.6) is 0 Å². The molecule has 19 heavy (non-hydrogen) atoms. The predicted molar refractivity (Wildman–Crippen MR) is 69.5 cm³/mol. The molecule has 5 heteroatoms. The number of hydrogen-bond acceptors (Lipinski definition) is 2. The molecule has 3 nitrogen and oxygen atoms in total. The van der Waals surface area contributed by atoms with E-state index in [0.717, 1.165) is 16.7 Å². The Bertz CT molecular complexity index is 400. The van der Waals surface area contributed by atoms with E-state index in [1.54, 1.807) is 6.08 Å². The molecule has 0 radical (unpaired) electrons. The van der Waals surface area contributed by atoms with Gasteiger partial charge in [0, 0.05) is 0 Å². The minimum Gasteiger partial charge on any atom is -0.369 e. The fraction of sp³-hybridized carbons (Fsp3) is 0.643. The topological polar surface area (TPSA) is 52.3 Å². The molecule has 0 bridgehead atoms. The Morgan fingerprint density at radius 1 is 1.53 bits per heavy atom. The molecular weight excluding hydrogens is 252 g/mol. The highest BCUT2D eigenvalue weighted by Crippen LogP contribution is 2.35. The molecule has 108 valence electrons. The van der Waals surface area contributed by atoms with Crippen molar-refractivity contribution in [2.75, 3.05) is 0 Å². The van der Waals surface area contributed by atoms with Crippen LogP contribution in [0.3, 0.4) is 0 Å². The number of rotatable bonds is 6. The highest BCUT2D eigenvalue weighted by atomic mass is 19.3. The van der Waals surface area contributed by atoms with E-state index in [4.69, 9.17) is 5.73 Å². The smallest absolute Gasteiger partial charge is 0.345 e. The summed E-state index contributed by atoms with van der Waals surface area (Å²) in [7, 11) is 0. The van der Waals surface area contributed by atoms with E-state index in [-0.39, 0.29) is 12.3 Å². The molecule has 1 rings (SSSR count). The van der Waals surface area contributed by atoms with Crippen LogP contribution in [-0.2, 0) is 9.53 Å². The first-order valence-electron chi connectivity index (χ1n) is 6.50. The molecule has 1 aliphatic rings. The predicted octanol–water partition coefficient (Wildman–Crippen LogP) is 3.16. The first-order chi connectivity index (χ1) is 8.85. The van der Waals surface area contributed by atoms with E-state index in [2.05, 4.69) is 4.74 Å². The lowest BCUT2D eigenvalue weighted by atomic mass is 9.81. The minimum absolute atomic E-state index is 0.161. The number of carbonyl (C=O) groups is 1. The number of carbonyl (C=O) groups excluding carboxylic acids is 1. The van der Waals surface area contributed by atoms with Gasteiger partial charge in [0.25, 0.3) is 0 Å². The van der Waals surface area contributed by atoms with Crippen LogP contribution in [0, 0.1) is 5.92 Å². The average molecular weight is 273 g/mol. The zero-order valence-corrected chi connectivity index (χ0v) is 11.6.